The van der Waals surface area contributed by atoms with Gasteiger partial charge in [-0.15, -0.1) is 5.92 Å². The number of benzene rings is 2. The zero-order chi connectivity index (χ0) is 28.9. The molecular formula is C36H38N2O3S. The zero-order valence-corrected chi connectivity index (χ0v) is 25.2. The average Bonchev–Trinajstić information content (AvgIpc) is 3.57. The molecule has 216 valence electrons. The predicted molar refractivity (Wildman–Crippen MR) is 170 cm³/mol. The normalized spacial score (nSPS) is 31.7. The second-order valence-electron chi connectivity index (χ2n) is 12.6. The third-order valence-electron chi connectivity index (χ3n) is 10.5. The number of hydrogen-bond acceptors (Lipinski definition) is 4. The van der Waals surface area contributed by atoms with Gasteiger partial charge in [0.1, 0.15) is 5.60 Å². The molecule has 0 radical (unpaired) electrons. The van der Waals surface area contributed by atoms with Crippen molar-refractivity contribution in [1.82, 2.24) is 5.32 Å². The van der Waals surface area contributed by atoms with Crippen LogP contribution in [0.4, 0.5) is 5.69 Å². The number of aliphatic hydroxyl groups is 1. The molecule has 6 heteroatoms. The van der Waals surface area contributed by atoms with Crippen LogP contribution in [0.5, 0.6) is 11.5 Å². The van der Waals surface area contributed by atoms with E-state index in [-0.39, 0.29) is 18.1 Å². The molecule has 5 aliphatic rings. The van der Waals surface area contributed by atoms with Crippen LogP contribution in [-0.2, 0) is 0 Å². The predicted octanol–water partition coefficient (Wildman–Crippen LogP) is 7.37. The van der Waals surface area contributed by atoms with Crippen LogP contribution in [0.3, 0.4) is 0 Å². The number of nitrogens with one attached hydrogen (secondary N) is 2. The van der Waals surface area contributed by atoms with Gasteiger partial charge in [-0.1, -0.05) is 48.8 Å². The van der Waals surface area contributed by atoms with E-state index in [2.05, 4.69) is 59.9 Å². The number of hydrogen-bond donors (Lipinski definition) is 3. The Labute approximate surface area is 254 Å². The van der Waals surface area contributed by atoms with Crippen LogP contribution in [0.25, 0.3) is 0 Å². The molecule has 2 aromatic carbocycles. The Morgan fingerprint density at radius 2 is 1.90 bits per heavy atom. The number of anilines is 1. The van der Waals surface area contributed by atoms with Crippen molar-refractivity contribution in [3.05, 3.63) is 88.7 Å². The van der Waals surface area contributed by atoms with Crippen LogP contribution in [0.1, 0.15) is 70.3 Å². The average molecular weight is 579 g/mol. The highest BCUT2D eigenvalue weighted by Gasteiger charge is 2.62. The lowest BCUT2D eigenvalue weighted by atomic mass is 9.51. The van der Waals surface area contributed by atoms with Crippen molar-refractivity contribution in [2.45, 2.75) is 70.3 Å². The summed E-state index contributed by atoms with van der Waals surface area (Å²) < 4.78 is 11.5. The maximum Gasteiger partial charge on any atom is 0.231 e. The number of thiocarbonyl (C=S) groups is 1. The summed E-state index contributed by atoms with van der Waals surface area (Å²) >= 11 is 5.54. The number of rotatable bonds is 3. The summed E-state index contributed by atoms with van der Waals surface area (Å²) in [5, 5.41) is 19.1. The molecule has 1 aliphatic heterocycles. The van der Waals surface area contributed by atoms with E-state index in [0.717, 1.165) is 62.1 Å². The standard InChI is InChI=1S/C36H38N2O3S/c1-3-16-36(39)17-15-30-28-13-10-24-18-23(21-37-34(42)38-26-7-5-4-6-8-26)9-12-27(24)33(28)29(20-35(30,36)2)25-11-14-31-32(19-25)41-22-40-31/h4-8,11,14,18-19,21,28-30,39H,9-10,12-13,15,17,20,22H2,1-2H3,(H2,37,38,42)/b23-21+/t28-,29+,30-,35-,36-/m0/s1. The van der Waals surface area contributed by atoms with Gasteiger partial charge < -0.3 is 25.2 Å². The highest BCUT2D eigenvalue weighted by atomic mass is 32.1. The van der Waals surface area contributed by atoms with Crippen LogP contribution in [-0.4, -0.2) is 22.6 Å². The van der Waals surface area contributed by atoms with Gasteiger partial charge in [0.05, 0.1) is 0 Å². The third kappa shape index (κ3) is 4.55. The van der Waals surface area contributed by atoms with E-state index < -0.39 is 5.60 Å². The molecular weight excluding hydrogens is 540 g/mol. The summed E-state index contributed by atoms with van der Waals surface area (Å²) in [5.41, 5.74) is 6.88. The topological polar surface area (TPSA) is 62.8 Å². The van der Waals surface area contributed by atoms with E-state index in [1.165, 1.54) is 22.3 Å². The molecule has 2 fully saturated rings. The van der Waals surface area contributed by atoms with E-state index >= 15 is 0 Å². The van der Waals surface area contributed by atoms with Crippen LogP contribution < -0.4 is 20.1 Å². The van der Waals surface area contributed by atoms with Gasteiger partial charge in [-0.25, -0.2) is 0 Å². The Balaban J connectivity index is 1.23. The molecule has 0 amide bonds. The summed E-state index contributed by atoms with van der Waals surface area (Å²) in [6, 6.07) is 16.4. The summed E-state index contributed by atoms with van der Waals surface area (Å²) in [6.45, 7) is 4.43. The maximum atomic E-state index is 11.9. The van der Waals surface area contributed by atoms with Gasteiger partial charge in [0, 0.05) is 23.2 Å². The summed E-state index contributed by atoms with van der Waals surface area (Å²) in [5.74, 6) is 9.06. The molecule has 0 bridgehead atoms. The maximum absolute atomic E-state index is 11.9. The smallest absolute Gasteiger partial charge is 0.231 e. The molecule has 5 atom stereocenters. The zero-order valence-electron chi connectivity index (χ0n) is 24.3. The van der Waals surface area contributed by atoms with Gasteiger partial charge in [0.25, 0.3) is 0 Å². The van der Waals surface area contributed by atoms with E-state index in [0.29, 0.717) is 16.9 Å². The van der Waals surface area contributed by atoms with Gasteiger partial charge >= 0.3 is 0 Å². The molecule has 0 saturated heterocycles. The van der Waals surface area contributed by atoms with Gasteiger partial charge in [-0.2, -0.15) is 0 Å². The van der Waals surface area contributed by atoms with Crippen LogP contribution in [0, 0.1) is 29.1 Å². The highest BCUT2D eigenvalue weighted by molar-refractivity contribution is 7.80. The summed E-state index contributed by atoms with van der Waals surface area (Å²) in [7, 11) is 0. The van der Waals surface area contributed by atoms with Gasteiger partial charge in [-0.3, -0.25) is 0 Å². The van der Waals surface area contributed by atoms with Gasteiger partial charge in [0.2, 0.25) is 6.79 Å². The SMILES string of the molecule is CC#C[C@]1(O)CC[C@H]2[C@@H]3CCC4=C/C(=C/NC(=S)Nc5ccccc5)CCC4=C3[C@@H](c3ccc4c(c3)OCO4)C[C@@]21C. The number of para-hydroxylation sites is 1. The molecule has 0 aromatic heterocycles. The van der Waals surface area contributed by atoms with Crippen molar-refractivity contribution >= 4 is 23.0 Å². The fraction of sp³-hybridized carbons (Fsp3) is 0.417. The largest absolute Gasteiger partial charge is 0.454 e. The number of fused-ring (bicyclic) bond motifs is 5. The van der Waals surface area contributed by atoms with Gasteiger partial charge in [0.15, 0.2) is 16.6 Å². The Hall–Kier alpha value is -3.53. The molecule has 2 aromatic rings. The molecule has 4 aliphatic carbocycles. The van der Waals surface area contributed by atoms with E-state index in [1.807, 2.05) is 37.3 Å². The monoisotopic (exact) mass is 578 g/mol. The molecule has 1 heterocycles. The molecule has 2 saturated carbocycles. The first kappa shape index (κ1) is 27.3. The Kier molecular flexibility index (Phi) is 6.91. The van der Waals surface area contributed by atoms with E-state index in [1.54, 1.807) is 5.57 Å². The van der Waals surface area contributed by atoms with Crippen molar-refractivity contribution in [1.29, 1.82) is 0 Å². The van der Waals surface area contributed by atoms with Crippen LogP contribution in [0.2, 0.25) is 0 Å². The molecule has 3 N–H and O–H groups in total. The number of allylic oxidation sites excluding steroid dienone is 5. The summed E-state index contributed by atoms with van der Waals surface area (Å²) in [4.78, 5) is 0. The van der Waals surface area contributed by atoms with Gasteiger partial charge in [-0.05, 0) is 122 Å². The van der Waals surface area contributed by atoms with Crippen molar-refractivity contribution in [3.63, 3.8) is 0 Å². The van der Waals surface area contributed by atoms with Crippen molar-refractivity contribution in [2.24, 2.45) is 17.3 Å². The van der Waals surface area contributed by atoms with Crippen LogP contribution in [0.15, 0.2) is 83.1 Å². The Bertz CT molecular complexity index is 1580. The molecule has 0 spiro atoms. The summed E-state index contributed by atoms with van der Waals surface area (Å²) in [6.07, 6.45) is 11.3. The second kappa shape index (κ2) is 10.6. The fourth-order valence-electron chi connectivity index (χ4n) is 8.52. The Morgan fingerprint density at radius 1 is 1.07 bits per heavy atom. The van der Waals surface area contributed by atoms with E-state index in [4.69, 9.17) is 21.7 Å². The third-order valence-corrected chi connectivity index (χ3v) is 10.7. The molecule has 0 unspecified atom stereocenters. The minimum absolute atomic E-state index is 0.207. The van der Waals surface area contributed by atoms with Crippen LogP contribution >= 0.6 is 12.2 Å². The second-order valence-corrected chi connectivity index (χ2v) is 13.0. The van der Waals surface area contributed by atoms with E-state index in [9.17, 15) is 5.11 Å². The first-order valence-electron chi connectivity index (χ1n) is 15.2. The Morgan fingerprint density at radius 3 is 2.74 bits per heavy atom. The first-order valence-corrected chi connectivity index (χ1v) is 15.6. The first-order chi connectivity index (χ1) is 20.4. The highest BCUT2D eigenvalue weighted by Crippen LogP contribution is 2.67. The fourth-order valence-corrected chi connectivity index (χ4v) is 8.69. The van der Waals surface area contributed by atoms with Crippen molar-refractivity contribution in [2.75, 3.05) is 12.1 Å². The van der Waals surface area contributed by atoms with Crippen molar-refractivity contribution < 1.29 is 14.6 Å². The minimum Gasteiger partial charge on any atom is -0.454 e. The molecule has 7 rings (SSSR count). The molecule has 42 heavy (non-hydrogen) atoms. The van der Waals surface area contributed by atoms with Crippen molar-refractivity contribution in [3.8, 4) is 23.3 Å². The lowest BCUT2D eigenvalue weighted by Gasteiger charge is -2.53. The lowest BCUT2D eigenvalue weighted by molar-refractivity contribution is -0.0513. The minimum atomic E-state index is -0.951. The quantitative estimate of drug-likeness (QED) is 0.261. The molecule has 5 nitrogen and oxygen atoms in total. The number of ether oxygens (including phenoxy) is 2. The lowest BCUT2D eigenvalue weighted by Crippen LogP contribution is -2.51.